The van der Waals surface area contributed by atoms with Crippen molar-refractivity contribution in [3.05, 3.63) is 0 Å². The molecule has 0 heterocycles. The molecule has 0 saturated heterocycles. The van der Waals surface area contributed by atoms with Crippen molar-refractivity contribution in [3.8, 4) is 0 Å². The summed E-state index contributed by atoms with van der Waals surface area (Å²) in [5.74, 6) is 0. The van der Waals surface area contributed by atoms with Crippen LogP contribution in [-0.2, 0) is 0 Å². The lowest BCUT2D eigenvalue weighted by Gasteiger charge is -2.41. The maximum absolute atomic E-state index is 3.58. The maximum atomic E-state index is 3.58. The molecule has 1 saturated carbocycles. The number of rotatable bonds is 7. The lowest BCUT2D eigenvalue weighted by atomic mass is 9.75. The standard InChI is InChI=1S/C16H34N2/c1-6-12-17-13-14(7-2)18(5)15-8-10-16(3,4)11-9-15/h14-15,17H,6-13H2,1-5H3. The Hall–Kier alpha value is -0.0800. The van der Waals surface area contributed by atoms with Gasteiger partial charge in [-0.25, -0.2) is 0 Å². The maximum Gasteiger partial charge on any atom is 0.0217 e. The molecule has 1 rings (SSSR count). The van der Waals surface area contributed by atoms with Gasteiger partial charge in [0, 0.05) is 18.6 Å². The third-order valence-corrected chi connectivity index (χ3v) is 4.74. The summed E-state index contributed by atoms with van der Waals surface area (Å²) < 4.78 is 0. The smallest absolute Gasteiger partial charge is 0.0217 e. The fourth-order valence-electron chi connectivity index (χ4n) is 3.11. The first-order valence-electron chi connectivity index (χ1n) is 7.93. The summed E-state index contributed by atoms with van der Waals surface area (Å²) in [6, 6.07) is 1.52. The molecule has 1 fully saturated rings. The van der Waals surface area contributed by atoms with Crippen molar-refractivity contribution in [1.29, 1.82) is 0 Å². The van der Waals surface area contributed by atoms with Crippen LogP contribution in [0, 0.1) is 5.41 Å². The quantitative estimate of drug-likeness (QED) is 0.697. The average Bonchev–Trinajstić information content (AvgIpc) is 2.34. The van der Waals surface area contributed by atoms with Gasteiger partial charge in [0.15, 0.2) is 0 Å². The van der Waals surface area contributed by atoms with E-state index in [1.807, 2.05) is 0 Å². The highest BCUT2D eigenvalue weighted by molar-refractivity contribution is 4.85. The molecule has 0 aromatic rings. The van der Waals surface area contributed by atoms with Gasteiger partial charge in [0.05, 0.1) is 0 Å². The van der Waals surface area contributed by atoms with Crippen molar-refractivity contribution in [2.75, 3.05) is 20.1 Å². The number of nitrogens with zero attached hydrogens (tertiary/aromatic N) is 1. The Labute approximate surface area is 115 Å². The molecule has 1 N–H and O–H groups in total. The van der Waals surface area contributed by atoms with E-state index in [4.69, 9.17) is 0 Å². The van der Waals surface area contributed by atoms with Gasteiger partial charge in [0.1, 0.15) is 0 Å². The zero-order valence-corrected chi connectivity index (χ0v) is 13.3. The Morgan fingerprint density at radius 3 is 2.33 bits per heavy atom. The third kappa shape index (κ3) is 4.89. The zero-order chi connectivity index (χ0) is 13.6. The first kappa shape index (κ1) is 16.0. The zero-order valence-electron chi connectivity index (χ0n) is 13.3. The van der Waals surface area contributed by atoms with Gasteiger partial charge >= 0.3 is 0 Å². The Morgan fingerprint density at radius 1 is 1.22 bits per heavy atom. The highest BCUT2D eigenvalue weighted by Gasteiger charge is 2.30. The van der Waals surface area contributed by atoms with Gasteiger partial charge in [-0.1, -0.05) is 27.7 Å². The van der Waals surface area contributed by atoms with Crippen molar-refractivity contribution >= 4 is 0 Å². The second kappa shape index (κ2) is 7.49. The molecule has 108 valence electrons. The summed E-state index contributed by atoms with van der Waals surface area (Å²) in [5.41, 5.74) is 0.583. The first-order valence-corrected chi connectivity index (χ1v) is 7.93. The first-order chi connectivity index (χ1) is 8.50. The summed E-state index contributed by atoms with van der Waals surface area (Å²) in [5, 5.41) is 3.58. The SMILES string of the molecule is CCCNCC(CC)N(C)C1CCC(C)(C)CC1. The summed E-state index contributed by atoms with van der Waals surface area (Å²) in [7, 11) is 2.34. The molecule has 1 unspecified atom stereocenters. The van der Waals surface area contributed by atoms with Crippen LogP contribution in [0.5, 0.6) is 0 Å². The summed E-state index contributed by atoms with van der Waals surface area (Å²) in [4.78, 5) is 2.65. The molecule has 1 atom stereocenters. The summed E-state index contributed by atoms with van der Waals surface area (Å²) >= 11 is 0. The lowest BCUT2D eigenvalue weighted by Crippen LogP contribution is -2.47. The van der Waals surface area contributed by atoms with E-state index >= 15 is 0 Å². The molecule has 0 bridgehead atoms. The number of hydrogen-bond acceptors (Lipinski definition) is 2. The highest BCUT2D eigenvalue weighted by atomic mass is 15.2. The molecule has 2 heteroatoms. The predicted molar refractivity (Wildman–Crippen MR) is 81.0 cm³/mol. The number of hydrogen-bond donors (Lipinski definition) is 1. The normalized spacial score (nSPS) is 22.3. The second-order valence-electron chi connectivity index (χ2n) is 6.83. The minimum absolute atomic E-state index is 0.583. The number of nitrogens with one attached hydrogen (secondary N) is 1. The van der Waals surface area contributed by atoms with E-state index in [1.54, 1.807) is 0 Å². The molecule has 0 spiro atoms. The molecule has 0 aromatic heterocycles. The topological polar surface area (TPSA) is 15.3 Å². The fraction of sp³-hybridized carbons (Fsp3) is 1.00. The minimum atomic E-state index is 0.583. The van der Waals surface area contributed by atoms with E-state index in [1.165, 1.54) is 38.5 Å². The molecule has 1 aliphatic rings. The predicted octanol–water partition coefficient (Wildman–Crippen LogP) is 3.67. The van der Waals surface area contributed by atoms with Crippen LogP contribution in [0.4, 0.5) is 0 Å². The molecule has 0 aliphatic heterocycles. The largest absolute Gasteiger partial charge is 0.315 e. The average molecular weight is 254 g/mol. The number of likely N-dealkylation sites (N-methyl/N-ethyl adjacent to an activating group) is 1. The second-order valence-corrected chi connectivity index (χ2v) is 6.83. The van der Waals surface area contributed by atoms with Crippen molar-refractivity contribution in [2.24, 2.45) is 5.41 Å². The molecule has 0 radical (unpaired) electrons. The van der Waals surface area contributed by atoms with E-state index in [0.29, 0.717) is 11.5 Å². The molecule has 1 aliphatic carbocycles. The molecule has 0 aromatic carbocycles. The van der Waals surface area contributed by atoms with Gasteiger partial charge in [-0.05, 0) is 57.5 Å². The van der Waals surface area contributed by atoms with Crippen LogP contribution >= 0.6 is 0 Å². The van der Waals surface area contributed by atoms with Gasteiger partial charge in [0.2, 0.25) is 0 Å². The monoisotopic (exact) mass is 254 g/mol. The van der Waals surface area contributed by atoms with Crippen LogP contribution in [0.15, 0.2) is 0 Å². The van der Waals surface area contributed by atoms with Gasteiger partial charge in [-0.2, -0.15) is 0 Å². The van der Waals surface area contributed by atoms with Crippen LogP contribution in [0.2, 0.25) is 0 Å². The van der Waals surface area contributed by atoms with E-state index in [9.17, 15) is 0 Å². The van der Waals surface area contributed by atoms with Crippen LogP contribution in [0.1, 0.15) is 66.2 Å². The van der Waals surface area contributed by atoms with Crippen LogP contribution < -0.4 is 5.32 Å². The molecular weight excluding hydrogens is 220 g/mol. The summed E-state index contributed by atoms with van der Waals surface area (Å²) in [6.07, 6.45) is 8.04. The molecule has 2 nitrogen and oxygen atoms in total. The van der Waals surface area contributed by atoms with E-state index < -0.39 is 0 Å². The van der Waals surface area contributed by atoms with Crippen LogP contribution in [0.3, 0.4) is 0 Å². The molecule has 18 heavy (non-hydrogen) atoms. The Balaban J connectivity index is 2.39. The third-order valence-electron chi connectivity index (χ3n) is 4.74. The van der Waals surface area contributed by atoms with Crippen LogP contribution in [-0.4, -0.2) is 37.1 Å². The Bertz CT molecular complexity index is 215. The molecule has 0 amide bonds. The van der Waals surface area contributed by atoms with Crippen LogP contribution in [0.25, 0.3) is 0 Å². The Kier molecular flexibility index (Phi) is 6.65. The van der Waals surface area contributed by atoms with Gasteiger partial charge < -0.3 is 5.32 Å². The van der Waals surface area contributed by atoms with E-state index in [-0.39, 0.29) is 0 Å². The lowest BCUT2D eigenvalue weighted by molar-refractivity contribution is 0.0918. The van der Waals surface area contributed by atoms with E-state index in [2.05, 4.69) is 45.0 Å². The van der Waals surface area contributed by atoms with Gasteiger partial charge in [0.25, 0.3) is 0 Å². The highest BCUT2D eigenvalue weighted by Crippen LogP contribution is 2.37. The van der Waals surface area contributed by atoms with Gasteiger partial charge in [-0.15, -0.1) is 0 Å². The van der Waals surface area contributed by atoms with Crippen molar-refractivity contribution < 1.29 is 0 Å². The van der Waals surface area contributed by atoms with Gasteiger partial charge in [-0.3, -0.25) is 4.90 Å². The fourth-order valence-corrected chi connectivity index (χ4v) is 3.11. The van der Waals surface area contributed by atoms with Crippen molar-refractivity contribution in [2.45, 2.75) is 78.3 Å². The van der Waals surface area contributed by atoms with E-state index in [0.717, 1.165) is 19.1 Å². The minimum Gasteiger partial charge on any atom is -0.315 e. The van der Waals surface area contributed by atoms with Crippen molar-refractivity contribution in [3.63, 3.8) is 0 Å². The van der Waals surface area contributed by atoms with Crippen molar-refractivity contribution in [1.82, 2.24) is 10.2 Å². The molecular formula is C16H34N2. The summed E-state index contributed by atoms with van der Waals surface area (Å²) in [6.45, 7) is 11.7. The Morgan fingerprint density at radius 2 is 1.83 bits per heavy atom.